The monoisotopic (exact) mass is 434 g/mol. The summed E-state index contributed by atoms with van der Waals surface area (Å²) in [5.41, 5.74) is 0.863. The molecular formula is C26H26O6. The van der Waals surface area contributed by atoms with E-state index < -0.39 is 22.7 Å². The van der Waals surface area contributed by atoms with Gasteiger partial charge in [0.2, 0.25) is 11.2 Å². The van der Waals surface area contributed by atoms with Crippen LogP contribution in [0.5, 0.6) is 23.0 Å². The highest BCUT2D eigenvalue weighted by molar-refractivity contribution is 5.95. The van der Waals surface area contributed by atoms with Crippen LogP contribution in [0.15, 0.2) is 45.6 Å². The molecule has 4 rings (SSSR count). The Balaban J connectivity index is 1.98. The van der Waals surface area contributed by atoms with Gasteiger partial charge in [0.15, 0.2) is 11.5 Å². The van der Waals surface area contributed by atoms with Crippen molar-refractivity contribution in [2.45, 2.75) is 34.1 Å². The molecule has 0 radical (unpaired) electrons. The molecule has 0 aliphatic heterocycles. The predicted molar refractivity (Wildman–Crippen MR) is 125 cm³/mol. The van der Waals surface area contributed by atoms with Crippen molar-refractivity contribution in [3.63, 3.8) is 0 Å². The van der Waals surface area contributed by atoms with Gasteiger partial charge in [0, 0.05) is 5.56 Å². The number of hydrogen-bond donors (Lipinski definition) is 3. The Morgan fingerprint density at radius 2 is 1.66 bits per heavy atom. The van der Waals surface area contributed by atoms with E-state index in [2.05, 4.69) is 0 Å². The van der Waals surface area contributed by atoms with Crippen LogP contribution in [0.25, 0.3) is 32.9 Å². The van der Waals surface area contributed by atoms with Crippen LogP contribution in [-0.2, 0) is 6.42 Å². The summed E-state index contributed by atoms with van der Waals surface area (Å²) in [5.74, 6) is -0.594. The van der Waals surface area contributed by atoms with Crippen LogP contribution < -0.4 is 10.2 Å². The molecule has 166 valence electrons. The molecule has 6 nitrogen and oxygen atoms in total. The van der Waals surface area contributed by atoms with Crippen molar-refractivity contribution in [3.05, 3.63) is 57.9 Å². The number of hydrogen-bond acceptors (Lipinski definition) is 6. The van der Waals surface area contributed by atoms with Gasteiger partial charge in [-0.2, -0.15) is 0 Å². The first-order valence-corrected chi connectivity index (χ1v) is 10.6. The molecule has 0 saturated carbocycles. The molecule has 1 aromatic heterocycles. The van der Waals surface area contributed by atoms with Crippen LogP contribution in [0.3, 0.4) is 0 Å². The highest BCUT2D eigenvalue weighted by atomic mass is 16.5. The SMILES string of the molecule is CCOc1ccc2cc(-c3c(C)oc4c(CC(C)C)c(O)c(O)c(O)c4c3=O)ccc2c1. The molecule has 0 aliphatic rings. The summed E-state index contributed by atoms with van der Waals surface area (Å²) in [4.78, 5) is 13.5. The molecule has 0 spiro atoms. The van der Waals surface area contributed by atoms with Crippen molar-refractivity contribution >= 4 is 21.7 Å². The molecule has 1 heterocycles. The fourth-order valence-electron chi connectivity index (χ4n) is 4.12. The highest BCUT2D eigenvalue weighted by Gasteiger charge is 2.26. The summed E-state index contributed by atoms with van der Waals surface area (Å²) in [6, 6.07) is 11.3. The minimum Gasteiger partial charge on any atom is -0.504 e. The van der Waals surface area contributed by atoms with Crippen LogP contribution in [0.2, 0.25) is 0 Å². The molecule has 32 heavy (non-hydrogen) atoms. The highest BCUT2D eigenvalue weighted by Crippen LogP contribution is 2.45. The topological polar surface area (TPSA) is 100 Å². The first-order valence-electron chi connectivity index (χ1n) is 10.6. The number of phenolic OH excluding ortho intramolecular Hbond substituents is 3. The summed E-state index contributed by atoms with van der Waals surface area (Å²) in [5, 5.41) is 32.9. The van der Waals surface area contributed by atoms with E-state index in [1.54, 1.807) is 6.92 Å². The zero-order chi connectivity index (χ0) is 23.2. The van der Waals surface area contributed by atoms with Crippen molar-refractivity contribution in [3.8, 4) is 34.1 Å². The Kier molecular flexibility index (Phi) is 5.46. The Bertz CT molecular complexity index is 1400. The van der Waals surface area contributed by atoms with E-state index in [-0.39, 0.29) is 16.9 Å². The first kappa shape index (κ1) is 21.6. The summed E-state index contributed by atoms with van der Waals surface area (Å²) < 4.78 is 11.5. The fourth-order valence-corrected chi connectivity index (χ4v) is 4.12. The number of benzene rings is 3. The van der Waals surface area contributed by atoms with Gasteiger partial charge in [-0.3, -0.25) is 4.79 Å². The maximum absolute atomic E-state index is 13.5. The lowest BCUT2D eigenvalue weighted by atomic mass is 9.95. The summed E-state index contributed by atoms with van der Waals surface area (Å²) in [7, 11) is 0. The van der Waals surface area contributed by atoms with E-state index in [9.17, 15) is 20.1 Å². The molecule has 6 heteroatoms. The Morgan fingerprint density at radius 3 is 2.34 bits per heavy atom. The lowest BCUT2D eigenvalue weighted by molar-refractivity contribution is 0.341. The Morgan fingerprint density at radius 1 is 0.969 bits per heavy atom. The predicted octanol–water partition coefficient (Wildman–Crippen LogP) is 5.64. The first-order chi connectivity index (χ1) is 15.2. The van der Waals surface area contributed by atoms with Crippen LogP contribution in [0.1, 0.15) is 32.1 Å². The van der Waals surface area contributed by atoms with Crippen molar-refractivity contribution in [1.82, 2.24) is 0 Å². The number of aryl methyl sites for hydroxylation is 1. The van der Waals surface area contributed by atoms with Gasteiger partial charge in [0.05, 0.1) is 12.2 Å². The average Bonchev–Trinajstić information content (AvgIpc) is 2.75. The van der Waals surface area contributed by atoms with Gasteiger partial charge in [0.1, 0.15) is 22.5 Å². The zero-order valence-electron chi connectivity index (χ0n) is 18.5. The fraction of sp³-hybridized carbons (Fsp3) is 0.269. The average molecular weight is 434 g/mol. The Hall–Kier alpha value is -3.67. The molecule has 0 amide bonds. The summed E-state index contributed by atoms with van der Waals surface area (Å²) >= 11 is 0. The minimum atomic E-state index is -0.711. The zero-order valence-corrected chi connectivity index (χ0v) is 18.5. The van der Waals surface area contributed by atoms with Crippen LogP contribution >= 0.6 is 0 Å². The lowest BCUT2D eigenvalue weighted by Gasteiger charge is -2.15. The van der Waals surface area contributed by atoms with Crippen molar-refractivity contribution in [2.75, 3.05) is 6.61 Å². The third kappa shape index (κ3) is 3.51. The quantitative estimate of drug-likeness (QED) is 0.352. The van der Waals surface area contributed by atoms with Gasteiger partial charge in [-0.15, -0.1) is 0 Å². The van der Waals surface area contributed by atoms with E-state index in [1.165, 1.54) is 0 Å². The molecule has 0 saturated heterocycles. The van der Waals surface area contributed by atoms with Gasteiger partial charge in [0.25, 0.3) is 0 Å². The molecule has 4 aromatic rings. The van der Waals surface area contributed by atoms with Crippen LogP contribution in [-0.4, -0.2) is 21.9 Å². The standard InChI is InChI=1S/C26H26O6/c1-5-31-18-9-8-15-11-17(7-6-16(15)12-18)20-14(4)32-26-19(10-13(2)3)22(27)25(30)24(29)21(26)23(20)28/h6-9,11-13,27,29-30H,5,10H2,1-4H3. The molecule has 0 atom stereocenters. The lowest BCUT2D eigenvalue weighted by Crippen LogP contribution is -2.10. The van der Waals surface area contributed by atoms with Crippen LogP contribution in [0, 0.1) is 12.8 Å². The van der Waals surface area contributed by atoms with Crippen molar-refractivity contribution in [1.29, 1.82) is 0 Å². The molecule has 0 aliphatic carbocycles. The van der Waals surface area contributed by atoms with E-state index in [0.29, 0.717) is 35.5 Å². The van der Waals surface area contributed by atoms with Gasteiger partial charge < -0.3 is 24.5 Å². The van der Waals surface area contributed by atoms with Gasteiger partial charge >= 0.3 is 0 Å². The number of ether oxygens (including phenoxy) is 1. The van der Waals surface area contributed by atoms with Crippen molar-refractivity contribution in [2.24, 2.45) is 5.92 Å². The van der Waals surface area contributed by atoms with Gasteiger partial charge in [-0.25, -0.2) is 0 Å². The normalized spacial score (nSPS) is 11.5. The number of aromatic hydroxyl groups is 3. The molecule has 0 fully saturated rings. The summed E-state index contributed by atoms with van der Waals surface area (Å²) in [6.07, 6.45) is 0.371. The van der Waals surface area contributed by atoms with Crippen LogP contribution in [0.4, 0.5) is 0 Å². The summed E-state index contributed by atoms with van der Waals surface area (Å²) in [6.45, 7) is 8.07. The molecule has 0 bridgehead atoms. The van der Waals surface area contributed by atoms with E-state index in [4.69, 9.17) is 9.15 Å². The minimum absolute atomic E-state index is 0.0971. The number of phenols is 3. The maximum Gasteiger partial charge on any atom is 0.204 e. The third-order valence-corrected chi connectivity index (χ3v) is 5.56. The van der Waals surface area contributed by atoms with E-state index >= 15 is 0 Å². The second-order valence-electron chi connectivity index (χ2n) is 8.35. The molecule has 0 unspecified atom stereocenters. The second-order valence-corrected chi connectivity index (χ2v) is 8.35. The van der Waals surface area contributed by atoms with Gasteiger partial charge in [-0.1, -0.05) is 32.0 Å². The molecule has 3 N–H and O–H groups in total. The second kappa shape index (κ2) is 8.11. The third-order valence-electron chi connectivity index (χ3n) is 5.56. The largest absolute Gasteiger partial charge is 0.504 e. The smallest absolute Gasteiger partial charge is 0.204 e. The molecule has 3 aromatic carbocycles. The molecular weight excluding hydrogens is 408 g/mol. The number of rotatable bonds is 5. The van der Waals surface area contributed by atoms with E-state index in [1.807, 2.05) is 57.2 Å². The Labute approximate surface area is 185 Å². The maximum atomic E-state index is 13.5. The number of fused-ring (bicyclic) bond motifs is 2. The van der Waals surface area contributed by atoms with Gasteiger partial charge in [-0.05, 0) is 60.7 Å². The van der Waals surface area contributed by atoms with Crippen molar-refractivity contribution < 1.29 is 24.5 Å². The van der Waals surface area contributed by atoms with E-state index in [0.717, 1.165) is 16.5 Å².